The molecule has 0 unspecified atom stereocenters. The van der Waals surface area contributed by atoms with Gasteiger partial charge in [0.1, 0.15) is 0 Å². The van der Waals surface area contributed by atoms with Crippen molar-refractivity contribution >= 4 is 57.3 Å². The summed E-state index contributed by atoms with van der Waals surface area (Å²) in [7, 11) is 0. The molecule has 2 heterocycles. The molecule has 0 spiro atoms. The zero-order valence-corrected chi connectivity index (χ0v) is 16.9. The Morgan fingerprint density at radius 3 is 2.48 bits per heavy atom. The number of nitrogens with zero attached hydrogens (tertiary/aromatic N) is 3. The van der Waals surface area contributed by atoms with E-state index in [2.05, 4.69) is 4.90 Å². The maximum atomic E-state index is 13.0. The smallest absolute Gasteiger partial charge is 0.270 e. The quantitative estimate of drug-likeness (QED) is 0.318. The van der Waals surface area contributed by atoms with Crippen LogP contribution in [0.3, 0.4) is 0 Å². The van der Waals surface area contributed by atoms with E-state index in [1.54, 1.807) is 0 Å². The number of hydrogen-bond donors (Lipinski definition) is 0. The number of hydrogen-bond acceptors (Lipinski definition) is 7. The highest BCUT2D eigenvalue weighted by Gasteiger charge is 2.33. The van der Waals surface area contributed by atoms with Gasteiger partial charge in [-0.2, -0.15) is 0 Å². The van der Waals surface area contributed by atoms with E-state index in [1.165, 1.54) is 40.9 Å². The lowest BCUT2D eigenvalue weighted by Gasteiger charge is -2.30. The van der Waals surface area contributed by atoms with Crippen molar-refractivity contribution in [1.82, 2.24) is 0 Å². The summed E-state index contributed by atoms with van der Waals surface area (Å²) in [5.74, 6) is -0.231. The molecular weight excluding hydrogens is 410 g/mol. The fourth-order valence-electron chi connectivity index (χ4n) is 3.26. The second-order valence-corrected chi connectivity index (χ2v) is 8.12. The topological polar surface area (TPSA) is 75.9 Å². The number of thioether (sulfide) groups is 1. The van der Waals surface area contributed by atoms with E-state index in [0.717, 1.165) is 24.3 Å². The molecule has 2 aliphatic rings. The molecule has 0 aromatic heterocycles. The molecule has 0 atom stereocenters. The Morgan fingerprint density at radius 1 is 1.10 bits per heavy atom. The number of rotatable bonds is 4. The molecule has 0 bridgehead atoms. The Labute approximate surface area is 177 Å². The lowest BCUT2D eigenvalue weighted by Crippen LogP contribution is -2.36. The predicted octanol–water partition coefficient (Wildman–Crippen LogP) is 3.84. The third kappa shape index (κ3) is 4.02. The lowest BCUT2D eigenvalue weighted by molar-refractivity contribution is -0.384. The third-order valence-electron chi connectivity index (χ3n) is 4.69. The molecule has 29 heavy (non-hydrogen) atoms. The Morgan fingerprint density at radius 2 is 1.79 bits per heavy atom. The molecule has 7 nitrogen and oxygen atoms in total. The highest BCUT2D eigenvalue weighted by Crippen LogP contribution is 2.37. The number of carbonyl (C=O) groups is 1. The second-order valence-electron chi connectivity index (χ2n) is 6.45. The number of benzene rings is 2. The largest absolute Gasteiger partial charge is 0.378 e. The summed E-state index contributed by atoms with van der Waals surface area (Å²) in [5.41, 5.74) is 2.48. The number of nitro groups is 1. The highest BCUT2D eigenvalue weighted by molar-refractivity contribution is 8.27. The second kappa shape index (κ2) is 8.32. The van der Waals surface area contributed by atoms with Gasteiger partial charge in [0.25, 0.3) is 11.6 Å². The van der Waals surface area contributed by atoms with E-state index in [9.17, 15) is 14.9 Å². The van der Waals surface area contributed by atoms with Crippen LogP contribution in [0, 0.1) is 10.1 Å². The van der Waals surface area contributed by atoms with Gasteiger partial charge in [-0.3, -0.25) is 19.8 Å². The van der Waals surface area contributed by atoms with Gasteiger partial charge in [-0.25, -0.2) is 0 Å². The molecule has 2 saturated heterocycles. The van der Waals surface area contributed by atoms with Crippen LogP contribution in [0.5, 0.6) is 0 Å². The van der Waals surface area contributed by atoms with E-state index in [4.69, 9.17) is 17.0 Å². The monoisotopic (exact) mass is 427 g/mol. The van der Waals surface area contributed by atoms with Crippen LogP contribution in [0.25, 0.3) is 6.08 Å². The first kappa shape index (κ1) is 19.6. The average molecular weight is 428 g/mol. The van der Waals surface area contributed by atoms with E-state index < -0.39 is 4.92 Å². The average Bonchev–Trinajstić information content (AvgIpc) is 3.02. The van der Waals surface area contributed by atoms with Crippen LogP contribution in [-0.2, 0) is 9.53 Å². The van der Waals surface area contributed by atoms with Gasteiger partial charge in [-0.05, 0) is 29.8 Å². The maximum absolute atomic E-state index is 13.0. The Bertz CT molecular complexity index is 1000. The lowest BCUT2D eigenvalue weighted by atomic mass is 10.1. The minimum atomic E-state index is -0.476. The maximum Gasteiger partial charge on any atom is 0.270 e. The first-order valence-electron chi connectivity index (χ1n) is 8.99. The van der Waals surface area contributed by atoms with E-state index in [-0.39, 0.29) is 11.6 Å². The molecule has 0 aliphatic carbocycles. The molecule has 2 aromatic rings. The summed E-state index contributed by atoms with van der Waals surface area (Å²) >= 11 is 6.63. The van der Waals surface area contributed by atoms with Gasteiger partial charge in [0.05, 0.1) is 28.7 Å². The molecule has 0 radical (unpaired) electrons. The summed E-state index contributed by atoms with van der Waals surface area (Å²) in [6, 6.07) is 13.7. The van der Waals surface area contributed by atoms with Gasteiger partial charge >= 0.3 is 0 Å². The predicted molar refractivity (Wildman–Crippen MR) is 118 cm³/mol. The molecule has 0 N–H and O–H groups in total. The number of nitro benzene ring substituents is 1. The Kier molecular flexibility index (Phi) is 5.61. The van der Waals surface area contributed by atoms with E-state index in [1.807, 2.05) is 30.3 Å². The Balaban J connectivity index is 1.62. The first-order chi connectivity index (χ1) is 14.0. The van der Waals surface area contributed by atoms with Crippen molar-refractivity contribution in [3.8, 4) is 0 Å². The number of anilines is 2. The van der Waals surface area contributed by atoms with Gasteiger partial charge in [0, 0.05) is 30.9 Å². The van der Waals surface area contributed by atoms with Crippen molar-refractivity contribution < 1.29 is 14.5 Å². The van der Waals surface area contributed by atoms with E-state index in [0.29, 0.717) is 28.1 Å². The summed E-state index contributed by atoms with van der Waals surface area (Å²) in [4.78, 5) is 27.6. The number of carbonyl (C=O) groups excluding carboxylic acids is 1. The fourth-order valence-corrected chi connectivity index (χ4v) is 4.55. The van der Waals surface area contributed by atoms with Gasteiger partial charge in [-0.1, -0.05) is 42.2 Å². The van der Waals surface area contributed by atoms with Crippen LogP contribution in [-0.4, -0.2) is 41.5 Å². The molecule has 2 aliphatic heterocycles. The number of thiocarbonyl (C=S) groups is 1. The van der Waals surface area contributed by atoms with Crippen molar-refractivity contribution in [2.45, 2.75) is 0 Å². The van der Waals surface area contributed by atoms with Crippen LogP contribution < -0.4 is 9.80 Å². The number of ether oxygens (including phenoxy) is 1. The van der Waals surface area contributed by atoms with Crippen LogP contribution in [0.1, 0.15) is 5.56 Å². The molecular formula is C20H17N3O4S2. The van der Waals surface area contributed by atoms with Crippen LogP contribution in [0.2, 0.25) is 0 Å². The van der Waals surface area contributed by atoms with Crippen molar-refractivity contribution in [3.63, 3.8) is 0 Å². The first-order valence-corrected chi connectivity index (χ1v) is 10.2. The number of non-ortho nitro benzene ring substituents is 1. The molecule has 2 aromatic carbocycles. The van der Waals surface area contributed by atoms with E-state index >= 15 is 0 Å². The van der Waals surface area contributed by atoms with Crippen molar-refractivity contribution in [2.75, 3.05) is 36.1 Å². The Hall–Kier alpha value is -2.75. The summed E-state index contributed by atoms with van der Waals surface area (Å²) < 4.78 is 5.83. The normalized spacial score (nSPS) is 18.6. The van der Waals surface area contributed by atoms with Crippen LogP contribution in [0.15, 0.2) is 53.4 Å². The number of amides is 1. The minimum absolute atomic E-state index is 0.0332. The zero-order chi connectivity index (χ0) is 20.4. The van der Waals surface area contributed by atoms with Crippen LogP contribution >= 0.6 is 24.0 Å². The van der Waals surface area contributed by atoms with Gasteiger partial charge < -0.3 is 9.64 Å². The van der Waals surface area contributed by atoms with Gasteiger partial charge in [-0.15, -0.1) is 0 Å². The highest BCUT2D eigenvalue weighted by atomic mass is 32.2. The molecule has 0 saturated carbocycles. The van der Waals surface area contributed by atoms with Crippen molar-refractivity contribution in [1.29, 1.82) is 0 Å². The standard InChI is InChI=1S/C20H17N3O4S2/c24-19-18(13-14-3-1-2-4-17(14)21-9-11-27-12-10-21)29-20(28)22(19)15-5-7-16(8-6-15)23(25)26/h1-8,13H,9-12H2/b18-13+. The van der Waals surface area contributed by atoms with Gasteiger partial charge in [0.15, 0.2) is 4.32 Å². The van der Waals surface area contributed by atoms with Crippen molar-refractivity contribution in [3.05, 3.63) is 69.1 Å². The summed E-state index contributed by atoms with van der Waals surface area (Å²) in [6.45, 7) is 2.95. The minimum Gasteiger partial charge on any atom is -0.378 e. The molecule has 9 heteroatoms. The van der Waals surface area contributed by atoms with Gasteiger partial charge in [0.2, 0.25) is 0 Å². The number of morpholine rings is 1. The fraction of sp³-hybridized carbons (Fsp3) is 0.200. The number of para-hydroxylation sites is 1. The van der Waals surface area contributed by atoms with Crippen LogP contribution in [0.4, 0.5) is 17.1 Å². The molecule has 4 rings (SSSR count). The summed E-state index contributed by atoms with van der Waals surface area (Å²) in [5, 5.41) is 10.9. The third-order valence-corrected chi connectivity index (χ3v) is 5.99. The van der Waals surface area contributed by atoms with Crippen molar-refractivity contribution in [2.24, 2.45) is 0 Å². The zero-order valence-electron chi connectivity index (χ0n) is 15.3. The summed E-state index contributed by atoms with van der Waals surface area (Å²) in [6.07, 6.45) is 1.86. The molecule has 2 fully saturated rings. The molecule has 148 valence electrons. The SMILES string of the molecule is O=C1/C(=C\c2ccccc2N2CCOCC2)SC(=S)N1c1ccc([N+](=O)[O-])cc1. The molecule has 1 amide bonds.